The van der Waals surface area contributed by atoms with Gasteiger partial charge in [-0.15, -0.1) is 0 Å². The zero-order valence-corrected chi connectivity index (χ0v) is 13.7. The van der Waals surface area contributed by atoms with Crippen LogP contribution in [0.3, 0.4) is 0 Å². The van der Waals surface area contributed by atoms with Gasteiger partial charge in [-0.25, -0.2) is 5.43 Å². The molecular formula is C17H17N3O5. The molecule has 2 N–H and O–H groups in total. The number of rotatable bonds is 6. The second-order valence-corrected chi connectivity index (χ2v) is 5.36. The summed E-state index contributed by atoms with van der Waals surface area (Å²) in [7, 11) is 0. The number of phenolic OH excluding ortho intramolecular Hbond substituents is 1. The number of ether oxygens (including phenoxy) is 1. The fraction of sp³-hybridized carbons (Fsp3) is 0.176. The van der Waals surface area contributed by atoms with Crippen LogP contribution in [0.1, 0.15) is 29.8 Å². The molecule has 0 saturated heterocycles. The monoisotopic (exact) mass is 343 g/mol. The van der Waals surface area contributed by atoms with Crippen LogP contribution < -0.4 is 10.2 Å². The maximum atomic E-state index is 12.2. The fourth-order valence-electron chi connectivity index (χ4n) is 1.99. The Labute approximate surface area is 143 Å². The first-order valence-corrected chi connectivity index (χ1v) is 7.45. The summed E-state index contributed by atoms with van der Waals surface area (Å²) in [6.07, 6.45) is 1.03. The first-order chi connectivity index (χ1) is 11.9. The van der Waals surface area contributed by atoms with Crippen molar-refractivity contribution in [3.8, 4) is 11.5 Å². The highest BCUT2D eigenvalue weighted by molar-refractivity contribution is 5.97. The third kappa shape index (κ3) is 4.77. The van der Waals surface area contributed by atoms with E-state index in [2.05, 4.69) is 10.5 Å². The lowest BCUT2D eigenvalue weighted by atomic mass is 10.2. The van der Waals surface area contributed by atoms with Gasteiger partial charge >= 0.3 is 0 Å². The number of non-ortho nitro benzene ring substituents is 1. The van der Waals surface area contributed by atoms with E-state index in [1.165, 1.54) is 12.1 Å². The van der Waals surface area contributed by atoms with Gasteiger partial charge in [0.25, 0.3) is 11.6 Å². The number of phenols is 1. The summed E-state index contributed by atoms with van der Waals surface area (Å²) in [6, 6.07) is 10.2. The molecule has 0 aliphatic heterocycles. The van der Waals surface area contributed by atoms with Gasteiger partial charge in [-0.2, -0.15) is 5.10 Å². The molecule has 2 aromatic rings. The molecule has 2 rings (SSSR count). The van der Waals surface area contributed by atoms with Crippen molar-refractivity contribution in [2.45, 2.75) is 20.0 Å². The molecule has 8 heteroatoms. The molecular weight excluding hydrogens is 326 g/mol. The number of nitrogens with zero attached hydrogens (tertiary/aromatic N) is 2. The van der Waals surface area contributed by atoms with Crippen molar-refractivity contribution >= 4 is 17.8 Å². The van der Waals surface area contributed by atoms with E-state index in [9.17, 15) is 20.0 Å². The number of hydrogen-bond acceptors (Lipinski definition) is 6. The lowest BCUT2D eigenvalue weighted by molar-refractivity contribution is -0.384. The molecule has 0 unspecified atom stereocenters. The second kappa shape index (κ2) is 7.91. The summed E-state index contributed by atoms with van der Waals surface area (Å²) in [5.74, 6) is -0.270. The number of nitrogens with one attached hydrogen (secondary N) is 1. The zero-order chi connectivity index (χ0) is 18.4. The van der Waals surface area contributed by atoms with Gasteiger partial charge in [0.05, 0.1) is 22.8 Å². The summed E-state index contributed by atoms with van der Waals surface area (Å²) in [4.78, 5) is 22.4. The van der Waals surface area contributed by atoms with E-state index < -0.39 is 10.8 Å². The van der Waals surface area contributed by atoms with E-state index in [4.69, 9.17) is 4.74 Å². The van der Waals surface area contributed by atoms with Gasteiger partial charge in [0.15, 0.2) is 0 Å². The van der Waals surface area contributed by atoms with Crippen LogP contribution in [-0.4, -0.2) is 28.3 Å². The number of benzene rings is 2. The molecule has 0 aliphatic rings. The van der Waals surface area contributed by atoms with Gasteiger partial charge in [0, 0.05) is 17.7 Å². The Morgan fingerprint density at radius 2 is 2.04 bits per heavy atom. The van der Waals surface area contributed by atoms with Crippen molar-refractivity contribution in [1.29, 1.82) is 0 Å². The van der Waals surface area contributed by atoms with Crippen LogP contribution in [0.25, 0.3) is 0 Å². The largest absolute Gasteiger partial charge is 0.507 e. The van der Waals surface area contributed by atoms with Crippen molar-refractivity contribution in [2.75, 3.05) is 0 Å². The number of nitro groups is 1. The summed E-state index contributed by atoms with van der Waals surface area (Å²) in [5.41, 5.74) is 2.53. The van der Waals surface area contributed by atoms with Crippen molar-refractivity contribution < 1.29 is 19.6 Å². The molecule has 0 atom stereocenters. The minimum atomic E-state index is -0.588. The minimum Gasteiger partial charge on any atom is -0.507 e. The summed E-state index contributed by atoms with van der Waals surface area (Å²) in [5, 5.41) is 24.2. The van der Waals surface area contributed by atoms with Crippen LogP contribution in [-0.2, 0) is 0 Å². The normalized spacial score (nSPS) is 10.8. The van der Waals surface area contributed by atoms with Crippen molar-refractivity contribution in [1.82, 2.24) is 5.43 Å². The Morgan fingerprint density at radius 3 is 2.72 bits per heavy atom. The van der Waals surface area contributed by atoms with E-state index in [1.54, 1.807) is 24.3 Å². The highest BCUT2D eigenvalue weighted by Gasteiger charge is 2.13. The molecule has 130 valence electrons. The summed E-state index contributed by atoms with van der Waals surface area (Å²) < 4.78 is 5.56. The molecule has 8 nitrogen and oxygen atoms in total. The van der Waals surface area contributed by atoms with Gasteiger partial charge in [0.1, 0.15) is 11.5 Å². The van der Waals surface area contributed by atoms with E-state index in [-0.39, 0.29) is 23.1 Å². The molecule has 2 aromatic carbocycles. The third-order valence-corrected chi connectivity index (χ3v) is 3.09. The molecule has 0 fully saturated rings. The number of carbonyl (C=O) groups is 1. The maximum Gasteiger partial charge on any atom is 0.275 e. The summed E-state index contributed by atoms with van der Waals surface area (Å²) >= 11 is 0. The topological polar surface area (TPSA) is 114 Å². The number of hydrazone groups is 1. The SMILES string of the molecule is CC(C)Oc1ccccc1C(=O)N/N=C\c1cc([N+](=O)[O-])ccc1O. The van der Waals surface area contributed by atoms with Crippen LogP contribution in [0, 0.1) is 10.1 Å². The highest BCUT2D eigenvalue weighted by Crippen LogP contribution is 2.21. The van der Waals surface area contributed by atoms with Crippen LogP contribution >= 0.6 is 0 Å². The maximum absolute atomic E-state index is 12.2. The quantitative estimate of drug-likeness (QED) is 0.475. The fourth-order valence-corrected chi connectivity index (χ4v) is 1.99. The summed E-state index contributed by atoms with van der Waals surface area (Å²) in [6.45, 7) is 3.69. The molecule has 0 saturated carbocycles. The molecule has 0 aromatic heterocycles. The lowest BCUT2D eigenvalue weighted by Crippen LogP contribution is -2.19. The van der Waals surface area contributed by atoms with Gasteiger partial charge < -0.3 is 9.84 Å². The Hall–Kier alpha value is -3.42. The van der Waals surface area contributed by atoms with E-state index in [0.717, 1.165) is 12.3 Å². The number of amides is 1. The Balaban J connectivity index is 2.14. The van der Waals surface area contributed by atoms with E-state index in [1.807, 2.05) is 13.8 Å². The van der Waals surface area contributed by atoms with Gasteiger partial charge in [0.2, 0.25) is 0 Å². The number of carbonyl (C=O) groups excluding carboxylic acids is 1. The average molecular weight is 343 g/mol. The average Bonchev–Trinajstić information content (AvgIpc) is 2.56. The zero-order valence-electron chi connectivity index (χ0n) is 13.7. The van der Waals surface area contributed by atoms with E-state index >= 15 is 0 Å². The molecule has 0 spiro atoms. The van der Waals surface area contributed by atoms with E-state index in [0.29, 0.717) is 11.3 Å². The first kappa shape index (κ1) is 17.9. The second-order valence-electron chi connectivity index (χ2n) is 5.36. The molecule has 0 radical (unpaired) electrons. The van der Waals surface area contributed by atoms with Gasteiger partial charge in [-0.3, -0.25) is 14.9 Å². The Bertz CT molecular complexity index is 818. The highest BCUT2D eigenvalue weighted by atomic mass is 16.6. The van der Waals surface area contributed by atoms with Crippen molar-refractivity contribution in [2.24, 2.45) is 5.10 Å². The minimum absolute atomic E-state index is 0.0979. The van der Waals surface area contributed by atoms with Crippen molar-refractivity contribution in [3.05, 3.63) is 63.7 Å². The van der Waals surface area contributed by atoms with Crippen LogP contribution in [0.4, 0.5) is 5.69 Å². The number of aromatic hydroxyl groups is 1. The van der Waals surface area contributed by atoms with Crippen LogP contribution in [0.15, 0.2) is 47.6 Å². The predicted octanol–water partition coefficient (Wildman–Crippen LogP) is 2.85. The molecule has 25 heavy (non-hydrogen) atoms. The Morgan fingerprint density at radius 1 is 1.32 bits per heavy atom. The third-order valence-electron chi connectivity index (χ3n) is 3.09. The predicted molar refractivity (Wildman–Crippen MR) is 92.0 cm³/mol. The number of hydrogen-bond donors (Lipinski definition) is 2. The Kier molecular flexibility index (Phi) is 5.67. The van der Waals surface area contributed by atoms with Crippen molar-refractivity contribution in [3.63, 3.8) is 0 Å². The molecule has 0 bridgehead atoms. The molecule has 0 heterocycles. The lowest BCUT2D eigenvalue weighted by Gasteiger charge is -2.12. The molecule has 1 amide bonds. The number of nitro benzene ring substituents is 1. The van der Waals surface area contributed by atoms with Crippen LogP contribution in [0.5, 0.6) is 11.5 Å². The standard InChI is InChI=1S/C17H17N3O5/c1-11(2)25-16-6-4-3-5-14(16)17(22)19-18-10-12-9-13(20(23)24)7-8-15(12)21/h3-11,21H,1-2H3,(H,19,22)/b18-10-. The first-order valence-electron chi connectivity index (χ1n) is 7.45. The molecule has 0 aliphatic carbocycles. The van der Waals surface area contributed by atoms with Gasteiger partial charge in [-0.1, -0.05) is 12.1 Å². The van der Waals surface area contributed by atoms with Crippen LogP contribution in [0.2, 0.25) is 0 Å². The van der Waals surface area contributed by atoms with Gasteiger partial charge in [-0.05, 0) is 32.0 Å². The smallest absolute Gasteiger partial charge is 0.275 e. The number of para-hydroxylation sites is 1.